The van der Waals surface area contributed by atoms with E-state index in [1.54, 1.807) is 12.3 Å². The molecule has 34 heavy (non-hydrogen) atoms. The average molecular weight is 483 g/mol. The monoisotopic (exact) mass is 482 g/mol. The maximum atomic E-state index is 14.0. The average Bonchev–Trinajstić information content (AvgIpc) is 3.24. The highest BCUT2D eigenvalue weighted by Crippen LogP contribution is 2.31. The summed E-state index contributed by atoms with van der Waals surface area (Å²) < 4.78 is 54.8. The molecular weight excluding hydrogens is 462 g/mol. The topological polar surface area (TPSA) is 114 Å². The normalized spacial score (nSPS) is 16.2. The van der Waals surface area contributed by atoms with Crippen molar-refractivity contribution < 1.29 is 17.2 Å². The van der Waals surface area contributed by atoms with Crippen LogP contribution in [0.25, 0.3) is 22.0 Å². The molecule has 0 bridgehead atoms. The lowest BCUT2D eigenvalue weighted by Crippen LogP contribution is -2.27. The van der Waals surface area contributed by atoms with Gasteiger partial charge in [-0.3, -0.25) is 9.71 Å². The zero-order chi connectivity index (χ0) is 23.9. The molecule has 1 atom stereocenters. The molecule has 0 radical (unpaired) electrons. The van der Waals surface area contributed by atoms with Crippen LogP contribution in [0.4, 0.5) is 20.3 Å². The van der Waals surface area contributed by atoms with Crippen molar-refractivity contribution in [2.45, 2.75) is 17.4 Å². The third-order valence-corrected chi connectivity index (χ3v) is 7.06. The Morgan fingerprint density at radius 3 is 2.65 bits per heavy atom. The van der Waals surface area contributed by atoms with E-state index in [1.165, 1.54) is 12.5 Å². The maximum Gasteiger partial charge on any atom is 0.264 e. The lowest BCUT2D eigenvalue weighted by atomic mass is 10.0. The molecule has 0 amide bonds. The largest absolute Gasteiger partial charge is 0.354 e. The molecule has 0 saturated carbocycles. The van der Waals surface area contributed by atoms with Crippen molar-refractivity contribution in [2.24, 2.45) is 5.73 Å². The second-order valence-electron chi connectivity index (χ2n) is 8.07. The van der Waals surface area contributed by atoms with Crippen LogP contribution >= 0.6 is 0 Å². The van der Waals surface area contributed by atoms with Gasteiger partial charge in [-0.15, -0.1) is 0 Å². The molecule has 1 aliphatic heterocycles. The van der Waals surface area contributed by atoms with E-state index < -0.39 is 26.6 Å². The molecular formula is C23H20F2N6O2S. The number of hydrogen-bond donors (Lipinski definition) is 2. The minimum Gasteiger partial charge on any atom is -0.354 e. The van der Waals surface area contributed by atoms with Gasteiger partial charge in [0.25, 0.3) is 10.0 Å². The molecule has 1 saturated heterocycles. The van der Waals surface area contributed by atoms with Gasteiger partial charge in [0, 0.05) is 42.3 Å². The van der Waals surface area contributed by atoms with Crippen molar-refractivity contribution in [3.05, 3.63) is 72.8 Å². The summed E-state index contributed by atoms with van der Waals surface area (Å²) in [5.74, 6) is -1.26. The number of nitrogens with zero attached hydrogens (tertiary/aromatic N) is 4. The quantitative estimate of drug-likeness (QED) is 0.449. The Labute approximate surface area is 194 Å². The van der Waals surface area contributed by atoms with Crippen LogP contribution in [0.15, 0.2) is 66.1 Å². The van der Waals surface area contributed by atoms with Crippen LogP contribution < -0.4 is 15.4 Å². The summed E-state index contributed by atoms with van der Waals surface area (Å²) in [4.78, 5) is 14.4. The van der Waals surface area contributed by atoms with Gasteiger partial charge in [-0.1, -0.05) is 6.07 Å². The number of hydrogen-bond acceptors (Lipinski definition) is 7. The number of nitrogens with two attached hydrogens (primary N) is 1. The smallest absolute Gasteiger partial charge is 0.264 e. The minimum absolute atomic E-state index is 0.0908. The molecule has 1 unspecified atom stereocenters. The van der Waals surface area contributed by atoms with Crippen molar-refractivity contribution >= 4 is 32.4 Å². The van der Waals surface area contributed by atoms with E-state index in [0.29, 0.717) is 18.2 Å². The number of pyridine rings is 1. The standard InChI is InChI=1S/C23H20F2N6O2S/c24-16-2-4-22(20(25)9-16)34(32,33)30-18-7-15(10-27-11-18)14-1-3-21-19(8-14)23(29-13-28-21)31-6-5-17(26)12-31/h1-4,7-11,13,17,30H,5-6,12,26H2. The fourth-order valence-electron chi connectivity index (χ4n) is 4.01. The van der Waals surface area contributed by atoms with Crippen LogP contribution in [0, 0.1) is 11.6 Å². The van der Waals surface area contributed by atoms with Crippen LogP contribution in [0.1, 0.15) is 6.42 Å². The molecule has 1 fully saturated rings. The van der Waals surface area contributed by atoms with E-state index in [4.69, 9.17) is 5.73 Å². The predicted molar refractivity (Wildman–Crippen MR) is 125 cm³/mol. The Morgan fingerprint density at radius 2 is 1.88 bits per heavy atom. The van der Waals surface area contributed by atoms with Gasteiger partial charge in [0.05, 0.1) is 17.4 Å². The first kappa shape index (κ1) is 22.1. The lowest BCUT2D eigenvalue weighted by molar-refractivity contribution is 0.551. The highest BCUT2D eigenvalue weighted by Gasteiger charge is 2.23. The van der Waals surface area contributed by atoms with E-state index in [9.17, 15) is 17.2 Å². The molecule has 1 aliphatic rings. The third kappa shape index (κ3) is 4.27. The summed E-state index contributed by atoms with van der Waals surface area (Å²) in [5, 5.41) is 0.841. The van der Waals surface area contributed by atoms with Crippen LogP contribution in [0.2, 0.25) is 0 Å². The Hall–Kier alpha value is -3.70. The number of halogens is 2. The van der Waals surface area contributed by atoms with E-state index in [-0.39, 0.29) is 11.7 Å². The number of benzene rings is 2. The first-order valence-corrected chi connectivity index (χ1v) is 12.0. The predicted octanol–water partition coefficient (Wildman–Crippen LogP) is 3.31. The molecule has 3 N–H and O–H groups in total. The molecule has 4 aromatic rings. The van der Waals surface area contributed by atoms with Gasteiger partial charge in [0.2, 0.25) is 0 Å². The van der Waals surface area contributed by atoms with Crippen molar-refractivity contribution in [3.8, 4) is 11.1 Å². The SMILES string of the molecule is NC1CCN(c2ncnc3ccc(-c4cncc(NS(=O)(=O)c5ccc(F)cc5F)c4)cc23)C1. The van der Waals surface area contributed by atoms with Crippen molar-refractivity contribution in [1.82, 2.24) is 15.0 Å². The molecule has 5 rings (SSSR count). The van der Waals surface area contributed by atoms with E-state index in [2.05, 4.69) is 24.6 Å². The van der Waals surface area contributed by atoms with Crippen molar-refractivity contribution in [3.63, 3.8) is 0 Å². The highest BCUT2D eigenvalue weighted by molar-refractivity contribution is 7.92. The van der Waals surface area contributed by atoms with E-state index in [0.717, 1.165) is 47.4 Å². The molecule has 0 spiro atoms. The van der Waals surface area contributed by atoms with Crippen LogP contribution in [0.5, 0.6) is 0 Å². The second-order valence-corrected chi connectivity index (χ2v) is 9.72. The maximum absolute atomic E-state index is 14.0. The first-order chi connectivity index (χ1) is 16.3. The molecule has 11 heteroatoms. The summed E-state index contributed by atoms with van der Waals surface area (Å²) in [6.07, 6.45) is 5.30. The third-order valence-electron chi connectivity index (χ3n) is 5.65. The van der Waals surface area contributed by atoms with Crippen molar-refractivity contribution in [2.75, 3.05) is 22.7 Å². The Bertz CT molecular complexity index is 1500. The van der Waals surface area contributed by atoms with Gasteiger partial charge in [-0.05, 0) is 42.3 Å². The molecule has 8 nitrogen and oxygen atoms in total. The fraction of sp³-hybridized carbons (Fsp3) is 0.174. The van der Waals surface area contributed by atoms with E-state index in [1.807, 2.05) is 18.2 Å². The molecule has 0 aliphatic carbocycles. The van der Waals surface area contributed by atoms with Gasteiger partial charge in [-0.2, -0.15) is 0 Å². The summed E-state index contributed by atoms with van der Waals surface area (Å²) in [7, 11) is -4.29. The summed E-state index contributed by atoms with van der Waals surface area (Å²) >= 11 is 0. The van der Waals surface area contributed by atoms with Crippen LogP contribution in [-0.4, -0.2) is 42.5 Å². The summed E-state index contributed by atoms with van der Waals surface area (Å²) in [5.41, 5.74) is 8.37. The fourth-order valence-corrected chi connectivity index (χ4v) is 5.11. The lowest BCUT2D eigenvalue weighted by Gasteiger charge is -2.18. The van der Waals surface area contributed by atoms with Gasteiger partial charge in [0.1, 0.15) is 28.7 Å². The molecule has 3 heterocycles. The van der Waals surface area contributed by atoms with Crippen LogP contribution in [-0.2, 0) is 10.0 Å². The molecule has 174 valence electrons. The zero-order valence-corrected chi connectivity index (χ0v) is 18.6. The Kier molecular flexibility index (Phi) is 5.58. The number of rotatable bonds is 5. The Balaban J connectivity index is 1.49. The number of sulfonamides is 1. The summed E-state index contributed by atoms with van der Waals surface area (Å²) in [6, 6.07) is 9.58. The molecule has 2 aromatic heterocycles. The van der Waals surface area contributed by atoms with Crippen molar-refractivity contribution in [1.29, 1.82) is 0 Å². The highest BCUT2D eigenvalue weighted by atomic mass is 32.2. The molecule has 2 aromatic carbocycles. The van der Waals surface area contributed by atoms with Gasteiger partial charge in [0.15, 0.2) is 0 Å². The minimum atomic E-state index is -4.29. The Morgan fingerprint density at radius 1 is 1.03 bits per heavy atom. The number of anilines is 2. The van der Waals surface area contributed by atoms with Gasteiger partial charge < -0.3 is 10.6 Å². The zero-order valence-electron chi connectivity index (χ0n) is 17.8. The number of nitrogens with one attached hydrogen (secondary N) is 1. The number of fused-ring (bicyclic) bond motifs is 1. The van der Waals surface area contributed by atoms with Crippen LogP contribution in [0.3, 0.4) is 0 Å². The van der Waals surface area contributed by atoms with E-state index >= 15 is 0 Å². The second kappa shape index (κ2) is 8.58. The summed E-state index contributed by atoms with van der Waals surface area (Å²) in [6.45, 7) is 1.51. The number of aromatic nitrogens is 3. The first-order valence-electron chi connectivity index (χ1n) is 10.5. The van der Waals surface area contributed by atoms with Gasteiger partial charge >= 0.3 is 0 Å². The van der Waals surface area contributed by atoms with Gasteiger partial charge in [-0.25, -0.2) is 27.2 Å².